The van der Waals surface area contributed by atoms with Crippen molar-refractivity contribution in [2.75, 3.05) is 6.54 Å². The summed E-state index contributed by atoms with van der Waals surface area (Å²) >= 11 is 0. The van der Waals surface area contributed by atoms with Crippen molar-refractivity contribution in [1.29, 1.82) is 0 Å². The van der Waals surface area contributed by atoms with Crippen LogP contribution in [0.3, 0.4) is 0 Å². The van der Waals surface area contributed by atoms with E-state index in [0.717, 1.165) is 0 Å². The predicted octanol–water partition coefficient (Wildman–Crippen LogP) is 1.47. The molecule has 0 aromatic heterocycles. The summed E-state index contributed by atoms with van der Waals surface area (Å²) < 4.78 is 32.1. The number of sulfonamides is 1. The Morgan fingerprint density at radius 1 is 1.15 bits per heavy atom. The van der Waals surface area contributed by atoms with Crippen LogP contribution in [0.5, 0.6) is 0 Å². The van der Waals surface area contributed by atoms with Crippen molar-refractivity contribution in [2.24, 2.45) is 5.92 Å². The number of carbonyl (C=O) groups is 5. The molecule has 40 heavy (non-hydrogen) atoms. The summed E-state index contributed by atoms with van der Waals surface area (Å²) in [6, 6.07) is -2.27. The molecule has 13 heteroatoms. The minimum Gasteiger partial charge on any atom is -0.444 e. The topological polar surface area (TPSA) is 168 Å². The van der Waals surface area contributed by atoms with Crippen molar-refractivity contribution >= 4 is 39.6 Å². The summed E-state index contributed by atoms with van der Waals surface area (Å²) in [7, 11) is -3.84. The summed E-state index contributed by atoms with van der Waals surface area (Å²) in [4.78, 5) is 66.6. The maximum absolute atomic E-state index is 13.6. The first-order valence-corrected chi connectivity index (χ1v) is 15.1. The molecule has 0 aromatic rings. The Balaban J connectivity index is 1.77. The molecule has 4 atom stereocenters. The molecule has 2 saturated carbocycles. The van der Waals surface area contributed by atoms with E-state index in [1.165, 1.54) is 11.0 Å². The molecule has 3 rings (SSSR count). The lowest BCUT2D eigenvalue weighted by atomic mass is 10.0. The number of Topliss-reactive ketones (excluding diaryl/α,β-unsaturated/α-hetero) is 1. The van der Waals surface area contributed by atoms with Gasteiger partial charge in [0, 0.05) is 18.9 Å². The molecule has 0 unspecified atom stereocenters. The van der Waals surface area contributed by atoms with Gasteiger partial charge in [0.05, 0.1) is 5.25 Å². The molecule has 0 spiro atoms. The second kappa shape index (κ2) is 11.7. The Labute approximate surface area is 235 Å². The van der Waals surface area contributed by atoms with Crippen LogP contribution in [0, 0.1) is 5.92 Å². The average Bonchev–Trinajstić information content (AvgIpc) is 3.77. The summed E-state index contributed by atoms with van der Waals surface area (Å²) in [6.45, 7) is 12.1. The van der Waals surface area contributed by atoms with Crippen LogP contribution < -0.4 is 15.4 Å². The molecule has 3 fully saturated rings. The predicted molar refractivity (Wildman–Crippen MR) is 146 cm³/mol. The Bertz CT molecular complexity index is 1220. The maximum Gasteiger partial charge on any atom is 0.408 e. The van der Waals surface area contributed by atoms with Crippen LogP contribution in [0.15, 0.2) is 24.3 Å². The summed E-state index contributed by atoms with van der Waals surface area (Å²) in [6.07, 6.45) is 3.76. The minimum atomic E-state index is -3.84. The van der Waals surface area contributed by atoms with Gasteiger partial charge in [0.1, 0.15) is 23.2 Å². The number of rotatable bonds is 11. The van der Waals surface area contributed by atoms with Gasteiger partial charge in [-0.05, 0) is 72.3 Å². The summed E-state index contributed by atoms with van der Waals surface area (Å²) in [5, 5.41) is 4.55. The fraction of sp³-hybridized carbons (Fsp3) is 0.667. The number of carbonyl (C=O) groups excluding carboxylic acids is 5. The highest BCUT2D eigenvalue weighted by Gasteiger charge is 2.61. The fourth-order valence-corrected chi connectivity index (χ4v) is 6.04. The third kappa shape index (κ3) is 7.29. The number of likely N-dealkylation sites (tertiary alicyclic amines) is 1. The van der Waals surface area contributed by atoms with Crippen molar-refractivity contribution < 1.29 is 37.1 Å². The van der Waals surface area contributed by atoms with E-state index in [1.54, 1.807) is 40.7 Å². The van der Waals surface area contributed by atoms with Crippen LogP contribution >= 0.6 is 0 Å². The molecule has 1 aliphatic heterocycles. The van der Waals surface area contributed by atoms with Gasteiger partial charge in [-0.2, -0.15) is 0 Å². The van der Waals surface area contributed by atoms with Gasteiger partial charge in [-0.3, -0.25) is 23.9 Å². The molecule has 2 aliphatic carbocycles. The normalized spacial score (nSPS) is 25.4. The van der Waals surface area contributed by atoms with Crippen LogP contribution in [-0.4, -0.2) is 77.9 Å². The lowest BCUT2D eigenvalue weighted by molar-refractivity contribution is -0.141. The highest BCUT2D eigenvalue weighted by Crippen LogP contribution is 2.45. The van der Waals surface area contributed by atoms with Gasteiger partial charge in [0.15, 0.2) is 5.78 Å². The first-order valence-electron chi connectivity index (χ1n) is 13.5. The highest BCUT2D eigenvalue weighted by atomic mass is 32.2. The van der Waals surface area contributed by atoms with E-state index in [9.17, 15) is 32.4 Å². The Morgan fingerprint density at radius 3 is 2.33 bits per heavy atom. The molecule has 1 saturated heterocycles. The Morgan fingerprint density at radius 2 is 1.80 bits per heavy atom. The molecule has 0 aromatic carbocycles. The number of ether oxygens (including phenoxy) is 1. The summed E-state index contributed by atoms with van der Waals surface area (Å²) in [5.41, 5.74) is -1.91. The SMILES string of the molecule is C=C[C@@H]1C[C@]1(NC(=O)[C@@H]1CCCN1C(=O)[C@H](CC(=O)C(C)=CC)NC(=O)OC(C)(C)C)C(=O)NS(=O)(=O)C1CC1. The van der Waals surface area contributed by atoms with Crippen LogP contribution in [-0.2, 0) is 33.9 Å². The van der Waals surface area contributed by atoms with E-state index in [2.05, 4.69) is 21.9 Å². The number of allylic oxidation sites excluding steroid dienone is 2. The molecule has 4 amide bonds. The van der Waals surface area contributed by atoms with Crippen molar-refractivity contribution in [3.8, 4) is 0 Å². The zero-order valence-corrected chi connectivity index (χ0v) is 24.6. The van der Waals surface area contributed by atoms with E-state index in [-0.39, 0.29) is 31.6 Å². The van der Waals surface area contributed by atoms with Gasteiger partial charge in [-0.25, -0.2) is 13.2 Å². The lowest BCUT2D eigenvalue weighted by Crippen LogP contribution is -2.58. The van der Waals surface area contributed by atoms with Gasteiger partial charge in [-0.1, -0.05) is 12.2 Å². The number of nitrogens with one attached hydrogen (secondary N) is 3. The fourth-order valence-electron chi connectivity index (χ4n) is 4.68. The molecule has 222 valence electrons. The summed E-state index contributed by atoms with van der Waals surface area (Å²) in [5.74, 6) is -2.91. The van der Waals surface area contributed by atoms with Crippen molar-refractivity contribution in [2.45, 2.75) is 102 Å². The third-order valence-electron chi connectivity index (χ3n) is 7.34. The number of alkyl carbamates (subject to hydrolysis) is 1. The highest BCUT2D eigenvalue weighted by molar-refractivity contribution is 7.91. The number of amides is 4. The molecule has 1 heterocycles. The van der Waals surface area contributed by atoms with Crippen molar-refractivity contribution in [3.05, 3.63) is 24.3 Å². The monoisotopic (exact) mass is 580 g/mol. The minimum absolute atomic E-state index is 0.175. The van der Waals surface area contributed by atoms with Crippen molar-refractivity contribution in [3.63, 3.8) is 0 Å². The molecular weight excluding hydrogens is 540 g/mol. The van der Waals surface area contributed by atoms with Gasteiger partial charge in [0.25, 0.3) is 5.91 Å². The van der Waals surface area contributed by atoms with Gasteiger partial charge >= 0.3 is 6.09 Å². The molecular formula is C27H40N4O8S. The number of nitrogens with zero attached hydrogens (tertiary/aromatic N) is 1. The lowest BCUT2D eigenvalue weighted by Gasteiger charge is -2.30. The smallest absolute Gasteiger partial charge is 0.408 e. The Kier molecular flexibility index (Phi) is 9.17. The molecule has 3 N–H and O–H groups in total. The Hall–Kier alpha value is -3.22. The van der Waals surface area contributed by atoms with Crippen LogP contribution in [0.4, 0.5) is 4.79 Å². The first kappa shape index (κ1) is 31.3. The number of hydrogen-bond donors (Lipinski definition) is 3. The molecule has 0 bridgehead atoms. The average molecular weight is 581 g/mol. The second-order valence-corrected chi connectivity index (χ2v) is 13.6. The van der Waals surface area contributed by atoms with E-state index >= 15 is 0 Å². The van der Waals surface area contributed by atoms with E-state index < -0.39 is 68.2 Å². The molecule has 3 aliphatic rings. The first-order chi connectivity index (χ1) is 18.5. The van der Waals surface area contributed by atoms with E-state index in [1.807, 2.05) is 0 Å². The van der Waals surface area contributed by atoms with Gasteiger partial charge < -0.3 is 20.3 Å². The van der Waals surface area contributed by atoms with Crippen molar-refractivity contribution in [1.82, 2.24) is 20.3 Å². The quantitative estimate of drug-likeness (QED) is 0.244. The molecule has 0 radical (unpaired) electrons. The number of ketones is 1. The van der Waals surface area contributed by atoms with Crippen LogP contribution in [0.1, 0.15) is 73.1 Å². The molecule has 12 nitrogen and oxygen atoms in total. The van der Waals surface area contributed by atoms with Gasteiger partial charge in [0.2, 0.25) is 21.8 Å². The van der Waals surface area contributed by atoms with E-state index in [0.29, 0.717) is 24.8 Å². The number of hydrogen-bond acceptors (Lipinski definition) is 8. The van der Waals surface area contributed by atoms with Crippen LogP contribution in [0.2, 0.25) is 0 Å². The van der Waals surface area contributed by atoms with E-state index in [4.69, 9.17) is 4.74 Å². The second-order valence-electron chi connectivity index (χ2n) is 11.7. The zero-order chi connectivity index (χ0) is 30.0. The largest absolute Gasteiger partial charge is 0.444 e. The standard InChI is InChI=1S/C27H40N4O8S/c1-7-16(3)21(32)14-19(28-25(36)39-26(4,5)6)23(34)31-13-9-10-20(31)22(33)29-27(15-17(27)8-2)24(35)30-40(37,38)18-11-12-18/h7-8,17-20H,2,9-15H2,1,3-6H3,(H,28,36)(H,29,33)(H,30,35)/t17-,19+,20+,27-/m1/s1. The van der Waals surface area contributed by atoms with Crippen LogP contribution in [0.25, 0.3) is 0 Å². The maximum atomic E-state index is 13.6. The third-order valence-corrected chi connectivity index (χ3v) is 9.16. The zero-order valence-electron chi connectivity index (χ0n) is 23.7. The van der Waals surface area contributed by atoms with Gasteiger partial charge in [-0.15, -0.1) is 6.58 Å².